The minimum absolute atomic E-state index is 0.0620. The zero-order valence-corrected chi connectivity index (χ0v) is 12.0. The first-order valence-electron chi connectivity index (χ1n) is 6.29. The van der Waals surface area contributed by atoms with E-state index in [4.69, 9.17) is 20.9 Å². The number of aromatic nitrogens is 3. The Hall–Kier alpha value is -2.77. The first-order chi connectivity index (χ1) is 9.92. The summed E-state index contributed by atoms with van der Waals surface area (Å²) in [4.78, 5) is 7.66. The largest absolute Gasteiger partial charge is 0.616 e. The van der Waals surface area contributed by atoms with E-state index in [1.165, 1.54) is 25.6 Å². The van der Waals surface area contributed by atoms with Gasteiger partial charge in [-0.2, -0.15) is 4.98 Å². The highest BCUT2D eigenvalue weighted by Gasteiger charge is 2.19. The van der Waals surface area contributed by atoms with Crippen LogP contribution in [0.15, 0.2) is 18.5 Å². The lowest BCUT2D eigenvalue weighted by Gasteiger charge is -2.14. The summed E-state index contributed by atoms with van der Waals surface area (Å²) in [6, 6.07) is 1.50. The third-order valence-electron chi connectivity index (χ3n) is 2.87. The SMILES string of the molecule is COc1cc(Oc2cnc(N)nc2N)c(C(C)C)c[n+]1[O-]. The van der Waals surface area contributed by atoms with Gasteiger partial charge in [0.25, 0.3) is 0 Å². The molecule has 0 aliphatic heterocycles. The topological polar surface area (TPSA) is 123 Å². The molecule has 0 saturated heterocycles. The lowest BCUT2D eigenvalue weighted by Crippen LogP contribution is -2.29. The molecule has 0 aliphatic carbocycles. The van der Waals surface area contributed by atoms with E-state index in [0.29, 0.717) is 16.0 Å². The van der Waals surface area contributed by atoms with E-state index in [-0.39, 0.29) is 29.3 Å². The average Bonchev–Trinajstić information content (AvgIpc) is 2.42. The van der Waals surface area contributed by atoms with Crippen LogP contribution in [0.3, 0.4) is 0 Å². The van der Waals surface area contributed by atoms with E-state index >= 15 is 0 Å². The van der Waals surface area contributed by atoms with E-state index in [1.807, 2.05) is 13.8 Å². The lowest BCUT2D eigenvalue weighted by atomic mass is 10.0. The number of hydrogen-bond acceptors (Lipinski definition) is 7. The predicted molar refractivity (Wildman–Crippen MR) is 77.0 cm³/mol. The molecule has 2 rings (SSSR count). The normalized spacial score (nSPS) is 10.7. The molecule has 0 aliphatic rings. The summed E-state index contributed by atoms with van der Waals surface area (Å²) < 4.78 is 11.4. The minimum atomic E-state index is 0.0620. The van der Waals surface area contributed by atoms with Crippen LogP contribution in [0.25, 0.3) is 0 Å². The minimum Gasteiger partial charge on any atom is -0.616 e. The molecule has 0 radical (unpaired) electrons. The molecular weight excluding hydrogens is 274 g/mol. The highest BCUT2D eigenvalue weighted by Crippen LogP contribution is 2.33. The molecule has 8 heteroatoms. The fourth-order valence-electron chi connectivity index (χ4n) is 1.78. The average molecular weight is 291 g/mol. The summed E-state index contributed by atoms with van der Waals surface area (Å²) in [6.07, 6.45) is 2.79. The van der Waals surface area contributed by atoms with E-state index in [2.05, 4.69) is 9.97 Å². The highest BCUT2D eigenvalue weighted by atomic mass is 16.5. The van der Waals surface area contributed by atoms with Crippen molar-refractivity contribution < 1.29 is 14.2 Å². The van der Waals surface area contributed by atoms with Crippen LogP contribution in [-0.2, 0) is 0 Å². The van der Waals surface area contributed by atoms with Crippen LogP contribution >= 0.6 is 0 Å². The zero-order valence-electron chi connectivity index (χ0n) is 12.0. The van der Waals surface area contributed by atoms with Crippen molar-refractivity contribution in [1.29, 1.82) is 0 Å². The quantitative estimate of drug-likeness (QED) is 0.640. The monoisotopic (exact) mass is 291 g/mol. The molecule has 8 nitrogen and oxygen atoms in total. The van der Waals surface area contributed by atoms with Gasteiger partial charge in [0.2, 0.25) is 5.95 Å². The van der Waals surface area contributed by atoms with Crippen LogP contribution in [-0.4, -0.2) is 17.1 Å². The Morgan fingerprint density at radius 3 is 2.57 bits per heavy atom. The fourth-order valence-corrected chi connectivity index (χ4v) is 1.78. The molecule has 0 fully saturated rings. The third kappa shape index (κ3) is 3.04. The molecule has 4 N–H and O–H groups in total. The summed E-state index contributed by atoms with van der Waals surface area (Å²) in [5, 5.41) is 11.8. The summed E-state index contributed by atoms with van der Waals surface area (Å²) in [7, 11) is 1.41. The fraction of sp³-hybridized carbons (Fsp3) is 0.308. The van der Waals surface area contributed by atoms with Gasteiger partial charge in [-0.1, -0.05) is 13.8 Å². The van der Waals surface area contributed by atoms with Crippen molar-refractivity contribution in [2.75, 3.05) is 18.6 Å². The number of anilines is 2. The van der Waals surface area contributed by atoms with Crippen LogP contribution in [0.2, 0.25) is 0 Å². The van der Waals surface area contributed by atoms with Crippen molar-refractivity contribution in [2.45, 2.75) is 19.8 Å². The number of methoxy groups -OCH3 is 1. The number of pyridine rings is 1. The molecule has 2 aromatic heterocycles. The van der Waals surface area contributed by atoms with Gasteiger partial charge in [0.1, 0.15) is 5.75 Å². The molecule has 0 unspecified atom stereocenters. The molecule has 0 atom stereocenters. The molecule has 0 spiro atoms. The van der Waals surface area contributed by atoms with Crippen molar-refractivity contribution in [1.82, 2.24) is 9.97 Å². The second kappa shape index (κ2) is 5.70. The second-order valence-electron chi connectivity index (χ2n) is 4.70. The van der Waals surface area contributed by atoms with Gasteiger partial charge in [-0.05, 0) is 5.92 Å². The smallest absolute Gasteiger partial charge is 0.382 e. The van der Waals surface area contributed by atoms with Gasteiger partial charge in [0.15, 0.2) is 17.8 Å². The number of ether oxygens (including phenoxy) is 2. The van der Waals surface area contributed by atoms with Crippen molar-refractivity contribution in [2.24, 2.45) is 0 Å². The number of nitrogen functional groups attached to an aromatic ring is 2. The lowest BCUT2D eigenvalue weighted by molar-refractivity contribution is -0.612. The summed E-state index contributed by atoms with van der Waals surface area (Å²) in [5.41, 5.74) is 11.9. The van der Waals surface area contributed by atoms with Gasteiger partial charge in [-0.25, -0.2) is 4.98 Å². The maximum absolute atomic E-state index is 11.8. The molecule has 0 saturated carbocycles. The van der Waals surface area contributed by atoms with Gasteiger partial charge in [0, 0.05) is 0 Å². The van der Waals surface area contributed by atoms with Gasteiger partial charge < -0.3 is 26.1 Å². The Morgan fingerprint density at radius 1 is 1.29 bits per heavy atom. The summed E-state index contributed by atoms with van der Waals surface area (Å²) in [6.45, 7) is 3.88. The van der Waals surface area contributed by atoms with Crippen LogP contribution in [0.5, 0.6) is 17.4 Å². The second-order valence-corrected chi connectivity index (χ2v) is 4.70. The molecule has 2 heterocycles. The van der Waals surface area contributed by atoms with Crippen LogP contribution in [0.4, 0.5) is 11.8 Å². The van der Waals surface area contributed by atoms with Crippen molar-refractivity contribution in [3.05, 3.63) is 29.2 Å². The molecule has 2 aromatic rings. The summed E-state index contributed by atoms with van der Waals surface area (Å²) >= 11 is 0. The van der Waals surface area contributed by atoms with Crippen molar-refractivity contribution >= 4 is 11.8 Å². The summed E-state index contributed by atoms with van der Waals surface area (Å²) in [5.74, 6) is 1.08. The molecular formula is C13H17N5O3. The van der Waals surface area contributed by atoms with E-state index < -0.39 is 0 Å². The third-order valence-corrected chi connectivity index (χ3v) is 2.87. The highest BCUT2D eigenvalue weighted by molar-refractivity contribution is 5.50. The van der Waals surface area contributed by atoms with Gasteiger partial charge in [-0.3, -0.25) is 0 Å². The molecule has 21 heavy (non-hydrogen) atoms. The van der Waals surface area contributed by atoms with E-state index in [1.54, 1.807) is 0 Å². The Kier molecular flexibility index (Phi) is 3.97. The van der Waals surface area contributed by atoms with E-state index in [0.717, 1.165) is 0 Å². The number of rotatable bonds is 4. The Labute approximate surface area is 121 Å². The Bertz CT molecular complexity index is 660. The van der Waals surface area contributed by atoms with Crippen LogP contribution in [0, 0.1) is 5.21 Å². The van der Waals surface area contributed by atoms with Crippen LogP contribution < -0.4 is 25.7 Å². The Morgan fingerprint density at radius 2 is 2.00 bits per heavy atom. The zero-order chi connectivity index (χ0) is 15.6. The molecule has 112 valence electrons. The standard InChI is InChI=1S/C13H17N5O3/c1-7(2)8-6-18(19)11(20-3)4-9(8)21-10-5-16-13(15)17-12(10)14/h4-7H,1-3H3,(H4,14,15,16,17). The van der Waals surface area contributed by atoms with Gasteiger partial charge in [-0.15, -0.1) is 4.73 Å². The molecule has 0 bridgehead atoms. The predicted octanol–water partition coefficient (Wildman–Crippen LogP) is 1.20. The first-order valence-corrected chi connectivity index (χ1v) is 6.29. The maximum atomic E-state index is 11.8. The number of nitrogens with zero attached hydrogens (tertiary/aromatic N) is 3. The molecule has 0 aromatic carbocycles. The van der Waals surface area contributed by atoms with Crippen molar-refractivity contribution in [3.63, 3.8) is 0 Å². The first kappa shape index (κ1) is 14.6. The number of hydrogen-bond donors (Lipinski definition) is 2. The molecule has 0 amide bonds. The van der Waals surface area contributed by atoms with Crippen molar-refractivity contribution in [3.8, 4) is 17.4 Å². The van der Waals surface area contributed by atoms with Gasteiger partial charge >= 0.3 is 5.88 Å². The van der Waals surface area contributed by atoms with Gasteiger partial charge in [0.05, 0.1) is 24.9 Å². The van der Waals surface area contributed by atoms with Crippen LogP contribution in [0.1, 0.15) is 25.3 Å². The Balaban J connectivity index is 2.46. The number of nitrogens with two attached hydrogens (primary N) is 2. The maximum Gasteiger partial charge on any atom is 0.382 e. The van der Waals surface area contributed by atoms with E-state index in [9.17, 15) is 5.21 Å².